The third-order valence-corrected chi connectivity index (χ3v) is 5.80. The van der Waals surface area contributed by atoms with Gasteiger partial charge in [0.2, 0.25) is 0 Å². The number of para-hydroxylation sites is 1. The summed E-state index contributed by atoms with van der Waals surface area (Å²) in [5.41, 5.74) is 5.85. The Hall–Kier alpha value is -3.36. The summed E-state index contributed by atoms with van der Waals surface area (Å²) in [6.45, 7) is 0. The van der Waals surface area contributed by atoms with Crippen molar-refractivity contribution < 1.29 is 0 Å². The lowest BCUT2D eigenvalue weighted by molar-refractivity contribution is 1.30. The van der Waals surface area contributed by atoms with Crippen LogP contribution in [0.5, 0.6) is 0 Å². The third-order valence-electron chi connectivity index (χ3n) is 5.31. The van der Waals surface area contributed by atoms with E-state index in [4.69, 9.17) is 0 Å². The van der Waals surface area contributed by atoms with E-state index in [1.54, 1.807) is 0 Å². The van der Waals surface area contributed by atoms with E-state index in [0.717, 1.165) is 15.8 Å². The maximum atomic E-state index is 3.57. The molecule has 0 radical (unpaired) electrons. The highest BCUT2D eigenvalue weighted by Gasteiger charge is 2.14. The Morgan fingerprint density at radius 3 is 1.97 bits per heavy atom. The highest BCUT2D eigenvalue weighted by Crippen LogP contribution is 2.39. The topological polar surface area (TPSA) is 3.24 Å². The van der Waals surface area contributed by atoms with Crippen LogP contribution in [-0.2, 0) is 0 Å². The molecule has 0 fully saturated rings. The van der Waals surface area contributed by atoms with Crippen molar-refractivity contribution in [1.82, 2.24) is 0 Å². The Morgan fingerprint density at radius 2 is 1.17 bits per heavy atom. The summed E-state index contributed by atoms with van der Waals surface area (Å²) in [6.07, 6.45) is 0. The van der Waals surface area contributed by atoms with Crippen LogP contribution in [0, 0.1) is 0 Å². The predicted octanol–water partition coefficient (Wildman–Crippen LogP) is 8.74. The largest absolute Gasteiger partial charge is 0.310 e. The Labute approximate surface area is 185 Å². The molecule has 2 heteroatoms. The molecule has 0 N–H and O–H groups in total. The number of hydrogen-bond acceptors (Lipinski definition) is 1. The van der Waals surface area contributed by atoms with Gasteiger partial charge in [-0.05, 0) is 59.0 Å². The molecule has 1 nitrogen and oxygen atoms in total. The minimum atomic E-state index is 1.09. The summed E-state index contributed by atoms with van der Waals surface area (Å²) in [5.74, 6) is 0. The molecule has 5 aromatic rings. The van der Waals surface area contributed by atoms with E-state index in [0.29, 0.717) is 0 Å². The molecule has 144 valence electrons. The maximum Gasteiger partial charge on any atom is 0.0540 e. The van der Waals surface area contributed by atoms with E-state index in [-0.39, 0.29) is 0 Å². The quantitative estimate of drug-likeness (QED) is 0.265. The first kappa shape index (κ1) is 18.7. The molecule has 0 unspecified atom stereocenters. The van der Waals surface area contributed by atoms with Crippen molar-refractivity contribution in [3.63, 3.8) is 0 Å². The number of hydrogen-bond donors (Lipinski definition) is 0. The second-order valence-corrected chi connectivity index (χ2v) is 8.14. The number of fused-ring (bicyclic) bond motifs is 1. The monoisotopic (exact) mass is 449 g/mol. The van der Waals surface area contributed by atoms with Gasteiger partial charge in [0.05, 0.1) is 5.69 Å². The Bertz CT molecular complexity index is 1290. The highest BCUT2D eigenvalue weighted by molar-refractivity contribution is 9.10. The summed E-state index contributed by atoms with van der Waals surface area (Å²) in [4.78, 5) is 2.33. The minimum Gasteiger partial charge on any atom is -0.310 e. The molecule has 5 rings (SSSR count). The molecule has 0 aliphatic carbocycles. The standard InChI is InChI=1S/C28H20BrN/c29-24-11-6-10-23(20-24)21-16-18-26(19-17-21)30(25-12-2-1-3-13-25)28-15-7-9-22-8-4-5-14-27(22)28/h1-20H. The fraction of sp³-hybridized carbons (Fsp3) is 0. The van der Waals surface area contributed by atoms with Gasteiger partial charge in [-0.2, -0.15) is 0 Å². The second kappa shape index (κ2) is 8.17. The normalized spacial score (nSPS) is 10.8. The molecule has 0 heterocycles. The van der Waals surface area contributed by atoms with Crippen molar-refractivity contribution >= 4 is 43.8 Å². The summed E-state index contributed by atoms with van der Waals surface area (Å²) >= 11 is 3.57. The Morgan fingerprint density at radius 1 is 0.500 bits per heavy atom. The van der Waals surface area contributed by atoms with Crippen LogP contribution in [0.15, 0.2) is 126 Å². The number of benzene rings is 5. The molecule has 0 aliphatic rings. The smallest absolute Gasteiger partial charge is 0.0540 e. The number of nitrogens with zero attached hydrogens (tertiary/aromatic N) is 1. The lowest BCUT2D eigenvalue weighted by atomic mass is 10.0. The Kier molecular flexibility index (Phi) is 5.08. The third kappa shape index (κ3) is 3.62. The SMILES string of the molecule is Brc1cccc(-c2ccc(N(c3ccccc3)c3cccc4ccccc34)cc2)c1. The first-order valence-corrected chi connectivity index (χ1v) is 10.8. The van der Waals surface area contributed by atoms with Gasteiger partial charge < -0.3 is 4.90 Å². The van der Waals surface area contributed by atoms with Crippen molar-refractivity contribution in [2.45, 2.75) is 0 Å². The van der Waals surface area contributed by atoms with Gasteiger partial charge >= 0.3 is 0 Å². The van der Waals surface area contributed by atoms with Crippen LogP contribution in [0.1, 0.15) is 0 Å². The first-order chi connectivity index (χ1) is 14.8. The average Bonchev–Trinajstić information content (AvgIpc) is 2.81. The lowest BCUT2D eigenvalue weighted by Gasteiger charge is -2.27. The average molecular weight is 450 g/mol. The molecule has 0 spiro atoms. The van der Waals surface area contributed by atoms with Gasteiger partial charge in [-0.25, -0.2) is 0 Å². The van der Waals surface area contributed by atoms with Crippen LogP contribution < -0.4 is 4.90 Å². The van der Waals surface area contributed by atoms with E-state index in [9.17, 15) is 0 Å². The molecule has 0 aromatic heterocycles. The van der Waals surface area contributed by atoms with Gasteiger partial charge in [-0.3, -0.25) is 0 Å². The summed E-state index contributed by atoms with van der Waals surface area (Å²) in [6, 6.07) is 42.8. The van der Waals surface area contributed by atoms with E-state index in [2.05, 4.69) is 142 Å². The van der Waals surface area contributed by atoms with E-state index < -0.39 is 0 Å². The molecule has 30 heavy (non-hydrogen) atoms. The van der Waals surface area contributed by atoms with E-state index >= 15 is 0 Å². The van der Waals surface area contributed by atoms with Crippen molar-refractivity contribution in [3.05, 3.63) is 126 Å². The molecule has 0 atom stereocenters. The molecule has 0 saturated heterocycles. The van der Waals surface area contributed by atoms with Crippen LogP contribution in [0.3, 0.4) is 0 Å². The lowest BCUT2D eigenvalue weighted by Crippen LogP contribution is -2.10. The highest BCUT2D eigenvalue weighted by atomic mass is 79.9. The van der Waals surface area contributed by atoms with Crippen LogP contribution in [0.25, 0.3) is 21.9 Å². The summed E-state index contributed by atoms with van der Waals surface area (Å²) in [7, 11) is 0. The molecular formula is C28H20BrN. The number of rotatable bonds is 4. The molecule has 0 amide bonds. The fourth-order valence-corrected chi connectivity index (χ4v) is 4.28. The van der Waals surface area contributed by atoms with E-state index in [1.807, 2.05) is 0 Å². The minimum absolute atomic E-state index is 1.09. The van der Waals surface area contributed by atoms with Gasteiger partial charge in [0.15, 0.2) is 0 Å². The van der Waals surface area contributed by atoms with Gasteiger partial charge in [0.25, 0.3) is 0 Å². The molecular weight excluding hydrogens is 430 g/mol. The van der Waals surface area contributed by atoms with Crippen LogP contribution >= 0.6 is 15.9 Å². The number of halogens is 1. The molecule has 0 saturated carbocycles. The zero-order valence-corrected chi connectivity index (χ0v) is 18.0. The van der Waals surface area contributed by atoms with Crippen LogP contribution in [0.2, 0.25) is 0 Å². The van der Waals surface area contributed by atoms with Gasteiger partial charge in [-0.1, -0.05) is 94.8 Å². The molecule has 5 aromatic carbocycles. The van der Waals surface area contributed by atoms with Crippen molar-refractivity contribution in [1.29, 1.82) is 0 Å². The van der Waals surface area contributed by atoms with Crippen molar-refractivity contribution in [3.8, 4) is 11.1 Å². The number of anilines is 3. The zero-order chi connectivity index (χ0) is 20.3. The molecule has 0 bridgehead atoms. The fourth-order valence-electron chi connectivity index (χ4n) is 3.88. The van der Waals surface area contributed by atoms with E-state index in [1.165, 1.54) is 27.6 Å². The Balaban J connectivity index is 1.65. The summed E-state index contributed by atoms with van der Waals surface area (Å²) in [5, 5.41) is 2.47. The van der Waals surface area contributed by atoms with Gasteiger partial charge in [-0.15, -0.1) is 0 Å². The van der Waals surface area contributed by atoms with Gasteiger partial charge in [0, 0.05) is 21.2 Å². The maximum absolute atomic E-state index is 3.57. The summed E-state index contributed by atoms with van der Waals surface area (Å²) < 4.78 is 1.09. The second-order valence-electron chi connectivity index (χ2n) is 7.23. The van der Waals surface area contributed by atoms with Crippen molar-refractivity contribution in [2.24, 2.45) is 0 Å². The molecule has 0 aliphatic heterocycles. The van der Waals surface area contributed by atoms with Crippen LogP contribution in [-0.4, -0.2) is 0 Å². The predicted molar refractivity (Wildman–Crippen MR) is 132 cm³/mol. The zero-order valence-electron chi connectivity index (χ0n) is 16.4. The van der Waals surface area contributed by atoms with Gasteiger partial charge in [0.1, 0.15) is 0 Å². The van der Waals surface area contributed by atoms with Crippen LogP contribution in [0.4, 0.5) is 17.1 Å². The van der Waals surface area contributed by atoms with Crippen molar-refractivity contribution in [2.75, 3.05) is 4.90 Å². The first-order valence-electron chi connectivity index (χ1n) is 9.98.